The minimum Gasteiger partial charge on any atom is -0.352 e. The molecule has 0 aromatic carbocycles. The molecule has 0 aromatic heterocycles. The lowest BCUT2D eigenvalue weighted by Crippen LogP contribution is -3.22. The average molecular weight is 198 g/mol. The molecular weight excluding hydrogens is 172 g/mol. The molecule has 0 radical (unpaired) electrons. The number of piperidine rings is 1. The highest BCUT2D eigenvalue weighted by Crippen LogP contribution is 2.24. The highest BCUT2D eigenvalue weighted by Gasteiger charge is 2.42. The molecule has 2 aliphatic rings. The molecule has 0 aromatic rings. The highest BCUT2D eigenvalue weighted by molar-refractivity contribution is 4.82. The summed E-state index contributed by atoms with van der Waals surface area (Å²) in [5.41, 5.74) is 4.83. The largest absolute Gasteiger partial charge is 0.352 e. The monoisotopic (exact) mass is 198 g/mol. The summed E-state index contributed by atoms with van der Waals surface area (Å²) < 4.78 is 0. The third-order valence-corrected chi connectivity index (χ3v) is 4.50. The van der Waals surface area contributed by atoms with Crippen LogP contribution < -0.4 is 10.6 Å². The molecule has 0 amide bonds. The lowest BCUT2D eigenvalue weighted by atomic mass is 9.79. The van der Waals surface area contributed by atoms with Gasteiger partial charge in [-0.15, -0.1) is 0 Å². The second-order valence-corrected chi connectivity index (χ2v) is 5.26. The van der Waals surface area contributed by atoms with Gasteiger partial charge in [0, 0.05) is 12.8 Å². The van der Waals surface area contributed by atoms with Crippen molar-refractivity contribution in [1.82, 2.24) is 0 Å². The standard InChI is InChI=1S/C12H24N2/c13-11-12(7-3-1-4-8-12)14-9-5-2-6-10-14/h1-11,13H2/p+2. The topological polar surface area (TPSA) is 32.1 Å². The van der Waals surface area contributed by atoms with Crippen LogP contribution in [0.15, 0.2) is 0 Å². The lowest BCUT2D eigenvalue weighted by molar-refractivity contribution is -0.965. The van der Waals surface area contributed by atoms with Gasteiger partial charge >= 0.3 is 0 Å². The Morgan fingerprint density at radius 1 is 0.857 bits per heavy atom. The second kappa shape index (κ2) is 4.63. The molecule has 2 rings (SSSR count). The number of nitrogens with one attached hydrogen (secondary N) is 1. The van der Waals surface area contributed by atoms with E-state index in [4.69, 9.17) is 0 Å². The molecule has 0 atom stereocenters. The molecule has 1 saturated carbocycles. The Bertz CT molecular complexity index is 167. The molecule has 4 N–H and O–H groups in total. The van der Waals surface area contributed by atoms with Crippen molar-refractivity contribution in [1.29, 1.82) is 0 Å². The van der Waals surface area contributed by atoms with Crippen LogP contribution in [0.4, 0.5) is 0 Å². The molecule has 2 heteroatoms. The van der Waals surface area contributed by atoms with Gasteiger partial charge in [0.15, 0.2) is 0 Å². The summed E-state index contributed by atoms with van der Waals surface area (Å²) in [6.07, 6.45) is 11.7. The van der Waals surface area contributed by atoms with Gasteiger partial charge in [0.1, 0.15) is 12.1 Å². The Morgan fingerprint density at radius 3 is 2.00 bits per heavy atom. The van der Waals surface area contributed by atoms with E-state index in [-0.39, 0.29) is 0 Å². The quantitative estimate of drug-likeness (QED) is 0.626. The molecule has 0 spiro atoms. The van der Waals surface area contributed by atoms with Gasteiger partial charge in [-0.05, 0) is 32.1 Å². The van der Waals surface area contributed by atoms with Gasteiger partial charge < -0.3 is 10.6 Å². The summed E-state index contributed by atoms with van der Waals surface area (Å²) in [4.78, 5) is 1.90. The van der Waals surface area contributed by atoms with Crippen LogP contribution in [0.3, 0.4) is 0 Å². The molecule has 2 fully saturated rings. The summed E-state index contributed by atoms with van der Waals surface area (Å²) in [6, 6.07) is 0. The van der Waals surface area contributed by atoms with Crippen molar-refractivity contribution in [2.45, 2.75) is 56.9 Å². The summed E-state index contributed by atoms with van der Waals surface area (Å²) in [5, 5.41) is 0. The van der Waals surface area contributed by atoms with E-state index >= 15 is 0 Å². The van der Waals surface area contributed by atoms with Crippen molar-refractivity contribution >= 4 is 0 Å². The highest BCUT2D eigenvalue weighted by atomic mass is 15.2. The maximum atomic E-state index is 4.24. The Balaban J connectivity index is 2.01. The summed E-state index contributed by atoms with van der Waals surface area (Å²) in [6.45, 7) is 4.02. The maximum absolute atomic E-state index is 4.24. The molecule has 82 valence electrons. The Labute approximate surface area is 87.8 Å². The molecule has 14 heavy (non-hydrogen) atoms. The third kappa shape index (κ3) is 1.96. The Morgan fingerprint density at radius 2 is 1.43 bits per heavy atom. The molecule has 0 bridgehead atoms. The van der Waals surface area contributed by atoms with E-state index in [0.717, 1.165) is 0 Å². The van der Waals surface area contributed by atoms with Gasteiger partial charge in [0.25, 0.3) is 0 Å². The number of likely N-dealkylation sites (tertiary alicyclic amines) is 1. The maximum Gasteiger partial charge on any atom is 0.147 e. The van der Waals surface area contributed by atoms with Crippen LogP contribution in [0, 0.1) is 0 Å². The van der Waals surface area contributed by atoms with E-state index in [9.17, 15) is 0 Å². The normalized spacial score (nSPS) is 28.9. The minimum absolute atomic E-state index is 0.596. The first-order valence-corrected chi connectivity index (χ1v) is 6.52. The summed E-state index contributed by atoms with van der Waals surface area (Å²) >= 11 is 0. The smallest absolute Gasteiger partial charge is 0.147 e. The van der Waals surface area contributed by atoms with Gasteiger partial charge in [-0.25, -0.2) is 0 Å². The van der Waals surface area contributed by atoms with E-state index < -0.39 is 0 Å². The van der Waals surface area contributed by atoms with Crippen LogP contribution in [0.5, 0.6) is 0 Å². The van der Waals surface area contributed by atoms with Crippen molar-refractivity contribution in [2.24, 2.45) is 0 Å². The molecule has 1 saturated heterocycles. The van der Waals surface area contributed by atoms with E-state index in [1.165, 1.54) is 71.0 Å². The van der Waals surface area contributed by atoms with Crippen LogP contribution in [-0.4, -0.2) is 25.2 Å². The van der Waals surface area contributed by atoms with Crippen molar-refractivity contribution in [2.75, 3.05) is 19.6 Å². The molecule has 1 aliphatic heterocycles. The first-order valence-electron chi connectivity index (χ1n) is 6.52. The second-order valence-electron chi connectivity index (χ2n) is 5.26. The van der Waals surface area contributed by atoms with Crippen LogP contribution in [-0.2, 0) is 0 Å². The van der Waals surface area contributed by atoms with Gasteiger partial charge in [-0.1, -0.05) is 6.42 Å². The van der Waals surface area contributed by atoms with Gasteiger partial charge in [-0.3, -0.25) is 0 Å². The fourth-order valence-corrected chi connectivity index (χ4v) is 3.52. The molecule has 1 aliphatic carbocycles. The van der Waals surface area contributed by atoms with Crippen molar-refractivity contribution in [3.63, 3.8) is 0 Å². The molecular formula is C12H26N2+2. The van der Waals surface area contributed by atoms with Crippen LogP contribution in [0.25, 0.3) is 0 Å². The Kier molecular flexibility index (Phi) is 3.45. The predicted molar refractivity (Wildman–Crippen MR) is 58.1 cm³/mol. The van der Waals surface area contributed by atoms with Crippen LogP contribution >= 0.6 is 0 Å². The van der Waals surface area contributed by atoms with Crippen molar-refractivity contribution in [3.05, 3.63) is 0 Å². The number of rotatable bonds is 2. The molecule has 1 heterocycles. The first-order chi connectivity index (χ1) is 6.87. The average Bonchev–Trinajstić information content (AvgIpc) is 2.31. The number of hydrogen-bond acceptors (Lipinski definition) is 0. The zero-order valence-electron chi connectivity index (χ0n) is 9.49. The first kappa shape index (κ1) is 10.4. The molecule has 2 nitrogen and oxygen atoms in total. The SMILES string of the molecule is [NH3+]CC1([NH+]2CCCCC2)CCCCC1. The van der Waals surface area contributed by atoms with Gasteiger partial charge in [0.05, 0.1) is 13.1 Å². The number of quaternary nitrogens is 2. The van der Waals surface area contributed by atoms with E-state index in [1.54, 1.807) is 0 Å². The van der Waals surface area contributed by atoms with Gasteiger partial charge in [-0.2, -0.15) is 0 Å². The van der Waals surface area contributed by atoms with Crippen LogP contribution in [0.2, 0.25) is 0 Å². The zero-order chi connectivity index (χ0) is 9.86. The fourth-order valence-electron chi connectivity index (χ4n) is 3.52. The minimum atomic E-state index is 0.596. The van der Waals surface area contributed by atoms with Crippen molar-refractivity contribution in [3.8, 4) is 0 Å². The van der Waals surface area contributed by atoms with Gasteiger partial charge in [0.2, 0.25) is 0 Å². The summed E-state index contributed by atoms with van der Waals surface area (Å²) in [5.74, 6) is 0. The van der Waals surface area contributed by atoms with Crippen molar-refractivity contribution < 1.29 is 10.6 Å². The molecule has 0 unspecified atom stereocenters. The lowest BCUT2D eigenvalue weighted by Gasteiger charge is -2.42. The van der Waals surface area contributed by atoms with E-state index in [2.05, 4.69) is 5.73 Å². The number of hydrogen-bond donors (Lipinski definition) is 2. The fraction of sp³-hybridized carbons (Fsp3) is 1.00. The van der Waals surface area contributed by atoms with E-state index in [1.807, 2.05) is 4.90 Å². The Hall–Kier alpha value is -0.0800. The van der Waals surface area contributed by atoms with Crippen LogP contribution in [0.1, 0.15) is 51.4 Å². The predicted octanol–water partition coefficient (Wildman–Crippen LogP) is 0.000000000000000666. The summed E-state index contributed by atoms with van der Waals surface area (Å²) in [7, 11) is 0. The van der Waals surface area contributed by atoms with E-state index in [0.29, 0.717) is 5.54 Å². The third-order valence-electron chi connectivity index (χ3n) is 4.50. The zero-order valence-corrected chi connectivity index (χ0v) is 9.49.